The van der Waals surface area contributed by atoms with Crippen LogP contribution in [0.1, 0.15) is 60.1 Å². The number of carbonyl (C=O) groups excluding carboxylic acids is 2. The topological polar surface area (TPSA) is 136 Å². The van der Waals surface area contributed by atoms with Gasteiger partial charge in [-0.1, -0.05) is 31.6 Å². The molecule has 0 saturated carbocycles. The molecule has 2 aromatic rings. The van der Waals surface area contributed by atoms with Crippen molar-refractivity contribution in [3.8, 4) is 10.9 Å². The minimum Gasteiger partial charge on any atom is -0.492 e. The quantitative estimate of drug-likeness (QED) is 0.264. The van der Waals surface area contributed by atoms with Crippen molar-refractivity contribution < 1.29 is 24.2 Å². The van der Waals surface area contributed by atoms with E-state index >= 15 is 0 Å². The van der Waals surface area contributed by atoms with Crippen molar-refractivity contribution in [1.29, 1.82) is 0 Å². The summed E-state index contributed by atoms with van der Waals surface area (Å²) in [6.07, 6.45) is 3.91. The molecular formula is C24H36N4O5S. The van der Waals surface area contributed by atoms with Gasteiger partial charge in [-0.15, -0.1) is 0 Å². The van der Waals surface area contributed by atoms with E-state index < -0.39 is 12.0 Å². The van der Waals surface area contributed by atoms with Gasteiger partial charge in [-0.25, -0.2) is 4.98 Å². The van der Waals surface area contributed by atoms with E-state index in [-0.39, 0.29) is 18.6 Å². The van der Waals surface area contributed by atoms with Crippen molar-refractivity contribution in [2.75, 3.05) is 26.3 Å². The standard InChI is InChI=1S/C24H36N4O5S/c1-4-16(2)5-6-17(3)28-23(31)21-14-27-24(34-21)33-15-19(29)13-26-11-12-32-20-9-7-18(8-10-20)22(25)30/h7-10,14,16-17,19,26,29H,4-6,11-13,15H2,1-3H3,(H2,25,30)(H,28,31). The van der Waals surface area contributed by atoms with Crippen LogP contribution in [0.3, 0.4) is 0 Å². The molecule has 0 spiro atoms. The lowest BCUT2D eigenvalue weighted by Gasteiger charge is -2.15. The van der Waals surface area contributed by atoms with Crippen LogP contribution in [0.15, 0.2) is 30.5 Å². The van der Waals surface area contributed by atoms with Gasteiger partial charge in [0, 0.05) is 24.7 Å². The highest BCUT2D eigenvalue weighted by Crippen LogP contribution is 2.21. The summed E-state index contributed by atoms with van der Waals surface area (Å²) in [5.74, 6) is 0.640. The van der Waals surface area contributed by atoms with Crippen LogP contribution in [0.25, 0.3) is 0 Å². The summed E-state index contributed by atoms with van der Waals surface area (Å²) in [5, 5.41) is 16.5. The van der Waals surface area contributed by atoms with Gasteiger partial charge in [0.2, 0.25) is 5.91 Å². The minimum atomic E-state index is -0.739. The number of hydrogen-bond acceptors (Lipinski definition) is 8. The highest BCUT2D eigenvalue weighted by Gasteiger charge is 2.15. The van der Waals surface area contributed by atoms with Crippen molar-refractivity contribution in [3.05, 3.63) is 40.9 Å². The average molecular weight is 493 g/mol. The SMILES string of the molecule is CCC(C)CCC(C)NC(=O)c1cnc(OCC(O)CNCCOc2ccc(C(N)=O)cc2)s1. The molecule has 10 heteroatoms. The third-order valence-electron chi connectivity index (χ3n) is 5.34. The Morgan fingerprint density at radius 3 is 2.59 bits per heavy atom. The lowest BCUT2D eigenvalue weighted by atomic mass is 10.00. The van der Waals surface area contributed by atoms with Crippen LogP contribution in [-0.4, -0.2) is 60.4 Å². The molecule has 0 aliphatic heterocycles. The predicted molar refractivity (Wildman–Crippen MR) is 133 cm³/mol. The fourth-order valence-corrected chi connectivity index (χ4v) is 3.66. The summed E-state index contributed by atoms with van der Waals surface area (Å²) >= 11 is 1.16. The van der Waals surface area contributed by atoms with Gasteiger partial charge in [-0.05, 0) is 49.9 Å². The molecule has 1 aromatic heterocycles. The first kappa shape index (κ1) is 27.6. The molecule has 9 nitrogen and oxygen atoms in total. The molecule has 0 radical (unpaired) electrons. The number of ether oxygens (including phenoxy) is 2. The number of nitrogens with zero attached hydrogens (tertiary/aromatic N) is 1. The summed E-state index contributed by atoms with van der Waals surface area (Å²) in [6, 6.07) is 6.67. The molecule has 2 amide bonds. The first-order valence-corrected chi connectivity index (χ1v) is 12.4. The number of primary amides is 1. The van der Waals surface area contributed by atoms with Crippen LogP contribution in [-0.2, 0) is 0 Å². The zero-order valence-corrected chi connectivity index (χ0v) is 20.9. The normalized spacial score (nSPS) is 13.6. The number of benzene rings is 1. The van der Waals surface area contributed by atoms with Gasteiger partial charge < -0.3 is 30.9 Å². The number of thiazole rings is 1. The lowest BCUT2D eigenvalue weighted by Crippen LogP contribution is -2.33. The third kappa shape index (κ3) is 10.1. The fourth-order valence-electron chi connectivity index (χ4n) is 2.99. The van der Waals surface area contributed by atoms with Gasteiger partial charge in [0.05, 0.1) is 6.20 Å². The van der Waals surface area contributed by atoms with E-state index in [0.29, 0.717) is 47.0 Å². The number of nitrogens with two attached hydrogens (primary N) is 1. The van der Waals surface area contributed by atoms with Gasteiger partial charge >= 0.3 is 0 Å². The van der Waals surface area contributed by atoms with E-state index in [1.807, 2.05) is 6.92 Å². The Kier molecular flexibility index (Phi) is 11.8. The largest absolute Gasteiger partial charge is 0.492 e. The Hall–Kier alpha value is -2.69. The Morgan fingerprint density at radius 1 is 1.18 bits per heavy atom. The molecule has 1 heterocycles. The number of amides is 2. The second kappa shape index (κ2) is 14.5. The summed E-state index contributed by atoms with van der Waals surface area (Å²) in [6.45, 7) is 7.68. The molecule has 5 N–H and O–H groups in total. The molecule has 3 atom stereocenters. The molecule has 1 aromatic carbocycles. The maximum atomic E-state index is 12.4. The molecule has 0 bridgehead atoms. The molecule has 0 fully saturated rings. The van der Waals surface area contributed by atoms with Crippen molar-refractivity contribution in [1.82, 2.24) is 15.6 Å². The highest BCUT2D eigenvalue weighted by atomic mass is 32.1. The molecule has 3 unspecified atom stereocenters. The summed E-state index contributed by atoms with van der Waals surface area (Å²) in [4.78, 5) is 28.0. The zero-order valence-electron chi connectivity index (χ0n) is 20.1. The van der Waals surface area contributed by atoms with Crippen molar-refractivity contribution in [2.24, 2.45) is 11.7 Å². The van der Waals surface area contributed by atoms with Crippen LogP contribution in [0.5, 0.6) is 10.9 Å². The number of aromatic nitrogens is 1. The Morgan fingerprint density at radius 2 is 1.91 bits per heavy atom. The number of aliphatic hydroxyl groups excluding tert-OH is 1. The smallest absolute Gasteiger partial charge is 0.273 e. The number of aliphatic hydroxyl groups is 1. The first-order chi connectivity index (χ1) is 16.3. The van der Waals surface area contributed by atoms with Crippen molar-refractivity contribution >= 4 is 23.2 Å². The van der Waals surface area contributed by atoms with Gasteiger partial charge in [-0.3, -0.25) is 9.59 Å². The molecular weight excluding hydrogens is 456 g/mol. The van der Waals surface area contributed by atoms with Gasteiger partial charge in [0.25, 0.3) is 11.1 Å². The summed E-state index contributed by atoms with van der Waals surface area (Å²) < 4.78 is 11.1. The van der Waals surface area contributed by atoms with Crippen LogP contribution in [0, 0.1) is 5.92 Å². The van der Waals surface area contributed by atoms with E-state index in [1.165, 1.54) is 6.20 Å². The van der Waals surface area contributed by atoms with Gasteiger partial charge in [0.1, 0.15) is 29.9 Å². The van der Waals surface area contributed by atoms with Crippen LogP contribution < -0.4 is 25.8 Å². The second-order valence-electron chi connectivity index (χ2n) is 8.36. The number of carbonyl (C=O) groups is 2. The average Bonchev–Trinajstić information content (AvgIpc) is 3.30. The number of hydrogen-bond donors (Lipinski definition) is 4. The van der Waals surface area contributed by atoms with E-state index in [9.17, 15) is 14.7 Å². The molecule has 2 rings (SSSR count). The van der Waals surface area contributed by atoms with E-state index in [1.54, 1.807) is 24.3 Å². The summed E-state index contributed by atoms with van der Waals surface area (Å²) in [7, 11) is 0. The molecule has 0 saturated heterocycles. The third-order valence-corrected chi connectivity index (χ3v) is 6.25. The molecule has 34 heavy (non-hydrogen) atoms. The fraction of sp³-hybridized carbons (Fsp3) is 0.542. The molecule has 188 valence electrons. The van der Waals surface area contributed by atoms with E-state index in [0.717, 1.165) is 30.6 Å². The van der Waals surface area contributed by atoms with Crippen LogP contribution in [0.2, 0.25) is 0 Å². The number of rotatable bonds is 16. The predicted octanol–water partition coefficient (Wildman–Crippen LogP) is 2.59. The summed E-state index contributed by atoms with van der Waals surface area (Å²) in [5.41, 5.74) is 5.63. The molecule has 0 aliphatic carbocycles. The maximum absolute atomic E-state index is 12.4. The van der Waals surface area contributed by atoms with Gasteiger partial charge in [0.15, 0.2) is 0 Å². The zero-order chi connectivity index (χ0) is 24.9. The highest BCUT2D eigenvalue weighted by molar-refractivity contribution is 7.15. The van der Waals surface area contributed by atoms with Crippen molar-refractivity contribution in [2.45, 2.75) is 52.2 Å². The maximum Gasteiger partial charge on any atom is 0.273 e. The minimum absolute atomic E-state index is 0.0579. The Balaban J connectivity index is 1.60. The Labute approximate surface area is 205 Å². The number of nitrogens with one attached hydrogen (secondary N) is 2. The lowest BCUT2D eigenvalue weighted by molar-refractivity contribution is 0.0939. The Bertz CT molecular complexity index is 890. The van der Waals surface area contributed by atoms with Crippen molar-refractivity contribution in [3.63, 3.8) is 0 Å². The monoisotopic (exact) mass is 492 g/mol. The molecule has 0 aliphatic rings. The van der Waals surface area contributed by atoms with Crippen LogP contribution in [0.4, 0.5) is 0 Å². The van der Waals surface area contributed by atoms with E-state index in [2.05, 4.69) is 29.5 Å². The van der Waals surface area contributed by atoms with E-state index in [4.69, 9.17) is 15.2 Å². The second-order valence-corrected chi connectivity index (χ2v) is 9.35. The van der Waals surface area contributed by atoms with Gasteiger partial charge in [-0.2, -0.15) is 0 Å². The first-order valence-electron chi connectivity index (χ1n) is 11.6. The van der Waals surface area contributed by atoms with Crippen LogP contribution >= 0.6 is 11.3 Å².